The van der Waals surface area contributed by atoms with Gasteiger partial charge in [0.2, 0.25) is 0 Å². The number of hydrogen-bond acceptors (Lipinski definition) is 4. The lowest BCUT2D eigenvalue weighted by Crippen LogP contribution is -2.30. The van der Waals surface area contributed by atoms with E-state index in [0.717, 1.165) is 48.3 Å². The molecule has 0 radical (unpaired) electrons. The van der Waals surface area contributed by atoms with Gasteiger partial charge in [0.1, 0.15) is 11.5 Å². The standard InChI is InChI=1S/C20H24O4/c21-13-15-1-5-17(6-2-15)23-19-9-11-20(12-10-19)24-18-7-3-16(14-22)4-8-18/h1-8,19-22H,9-14H2. The summed E-state index contributed by atoms with van der Waals surface area (Å²) in [6.45, 7) is 0.115. The first-order chi connectivity index (χ1) is 11.8. The fraction of sp³-hybridized carbons (Fsp3) is 0.400. The molecule has 2 aromatic rings. The van der Waals surface area contributed by atoms with Gasteiger partial charge in [-0.15, -0.1) is 0 Å². The largest absolute Gasteiger partial charge is 0.490 e. The molecule has 24 heavy (non-hydrogen) atoms. The van der Waals surface area contributed by atoms with Crippen LogP contribution in [0.5, 0.6) is 11.5 Å². The van der Waals surface area contributed by atoms with E-state index in [1.165, 1.54) is 0 Å². The van der Waals surface area contributed by atoms with Crippen molar-refractivity contribution < 1.29 is 19.7 Å². The second kappa shape index (κ2) is 8.18. The van der Waals surface area contributed by atoms with Crippen molar-refractivity contribution in [2.24, 2.45) is 0 Å². The number of rotatable bonds is 6. The Morgan fingerprint density at radius 2 is 0.958 bits per heavy atom. The molecule has 0 amide bonds. The molecule has 0 bridgehead atoms. The molecule has 2 aromatic carbocycles. The minimum Gasteiger partial charge on any atom is -0.490 e. The van der Waals surface area contributed by atoms with Gasteiger partial charge in [-0.1, -0.05) is 24.3 Å². The first-order valence-electron chi connectivity index (χ1n) is 8.49. The van der Waals surface area contributed by atoms with Crippen molar-refractivity contribution in [1.82, 2.24) is 0 Å². The van der Waals surface area contributed by atoms with Crippen LogP contribution in [0.2, 0.25) is 0 Å². The Bertz CT molecular complexity index is 556. The Hall–Kier alpha value is -2.04. The minimum atomic E-state index is 0.0576. The molecule has 4 heteroatoms. The van der Waals surface area contributed by atoms with E-state index in [9.17, 15) is 0 Å². The molecule has 0 atom stereocenters. The van der Waals surface area contributed by atoms with E-state index in [1.807, 2.05) is 48.5 Å². The first kappa shape index (κ1) is 16.8. The smallest absolute Gasteiger partial charge is 0.119 e. The van der Waals surface area contributed by atoms with Crippen molar-refractivity contribution in [1.29, 1.82) is 0 Å². The summed E-state index contributed by atoms with van der Waals surface area (Å²) in [5, 5.41) is 18.1. The maximum atomic E-state index is 9.06. The Balaban J connectivity index is 1.46. The van der Waals surface area contributed by atoms with Crippen LogP contribution in [0.3, 0.4) is 0 Å². The molecule has 3 rings (SSSR count). The Kier molecular flexibility index (Phi) is 5.72. The summed E-state index contributed by atoms with van der Waals surface area (Å²) in [6, 6.07) is 15.2. The van der Waals surface area contributed by atoms with Crippen molar-refractivity contribution >= 4 is 0 Å². The van der Waals surface area contributed by atoms with Gasteiger partial charge in [-0.25, -0.2) is 0 Å². The Labute approximate surface area is 142 Å². The van der Waals surface area contributed by atoms with Gasteiger partial charge in [0.15, 0.2) is 0 Å². The quantitative estimate of drug-likeness (QED) is 0.853. The maximum Gasteiger partial charge on any atom is 0.119 e. The summed E-state index contributed by atoms with van der Waals surface area (Å²) in [7, 11) is 0. The molecule has 0 unspecified atom stereocenters. The van der Waals surface area contributed by atoms with Crippen LogP contribution in [0.4, 0.5) is 0 Å². The highest BCUT2D eigenvalue weighted by molar-refractivity contribution is 5.28. The number of benzene rings is 2. The molecule has 0 saturated heterocycles. The van der Waals surface area contributed by atoms with Crippen LogP contribution in [0.15, 0.2) is 48.5 Å². The second-order valence-electron chi connectivity index (χ2n) is 6.24. The maximum absolute atomic E-state index is 9.06. The van der Waals surface area contributed by atoms with Gasteiger partial charge >= 0.3 is 0 Å². The normalized spacial score (nSPS) is 20.6. The summed E-state index contributed by atoms with van der Waals surface area (Å²) in [4.78, 5) is 0. The Morgan fingerprint density at radius 1 is 0.625 bits per heavy atom. The van der Waals surface area contributed by atoms with E-state index >= 15 is 0 Å². The predicted molar refractivity (Wildman–Crippen MR) is 92.0 cm³/mol. The molecular weight excluding hydrogens is 304 g/mol. The fourth-order valence-electron chi connectivity index (χ4n) is 3.00. The van der Waals surface area contributed by atoms with E-state index < -0.39 is 0 Å². The van der Waals surface area contributed by atoms with Gasteiger partial charge in [0.25, 0.3) is 0 Å². The average Bonchev–Trinajstić information content (AvgIpc) is 2.65. The lowest BCUT2D eigenvalue weighted by atomic mass is 9.95. The van der Waals surface area contributed by atoms with Gasteiger partial charge in [-0.05, 0) is 61.1 Å². The third-order valence-corrected chi connectivity index (χ3v) is 4.44. The summed E-state index contributed by atoms with van der Waals surface area (Å²) < 4.78 is 12.0. The zero-order valence-electron chi connectivity index (χ0n) is 13.7. The van der Waals surface area contributed by atoms with Crippen LogP contribution < -0.4 is 9.47 Å². The number of hydrogen-bond donors (Lipinski definition) is 2. The zero-order chi connectivity index (χ0) is 16.8. The molecule has 1 aliphatic rings. The molecule has 0 aromatic heterocycles. The summed E-state index contributed by atoms with van der Waals surface area (Å²) in [5.41, 5.74) is 1.79. The minimum absolute atomic E-state index is 0.0576. The molecule has 1 saturated carbocycles. The SMILES string of the molecule is OCc1ccc(OC2CCC(Oc3ccc(CO)cc3)CC2)cc1. The van der Waals surface area contributed by atoms with Crippen LogP contribution >= 0.6 is 0 Å². The molecule has 1 aliphatic carbocycles. The summed E-state index contributed by atoms with van der Waals surface area (Å²) in [6.07, 6.45) is 4.34. The zero-order valence-corrected chi connectivity index (χ0v) is 13.7. The third-order valence-electron chi connectivity index (χ3n) is 4.44. The van der Waals surface area contributed by atoms with Crippen LogP contribution in [-0.2, 0) is 13.2 Å². The summed E-state index contributed by atoms with van der Waals surface area (Å²) >= 11 is 0. The second-order valence-corrected chi connectivity index (χ2v) is 6.24. The monoisotopic (exact) mass is 328 g/mol. The average molecular weight is 328 g/mol. The van der Waals surface area contributed by atoms with E-state index in [-0.39, 0.29) is 25.4 Å². The van der Waals surface area contributed by atoms with Crippen LogP contribution in [0.25, 0.3) is 0 Å². The number of ether oxygens (including phenoxy) is 2. The van der Waals surface area contributed by atoms with Gasteiger partial charge in [-0.3, -0.25) is 0 Å². The highest BCUT2D eigenvalue weighted by Crippen LogP contribution is 2.27. The lowest BCUT2D eigenvalue weighted by molar-refractivity contribution is 0.0806. The van der Waals surface area contributed by atoms with Gasteiger partial charge in [0, 0.05) is 0 Å². The highest BCUT2D eigenvalue weighted by Gasteiger charge is 2.23. The fourth-order valence-corrected chi connectivity index (χ4v) is 3.00. The molecular formula is C20H24O4. The van der Waals surface area contributed by atoms with Crippen molar-refractivity contribution in [3.05, 3.63) is 59.7 Å². The van der Waals surface area contributed by atoms with Crippen molar-refractivity contribution in [2.75, 3.05) is 0 Å². The lowest BCUT2D eigenvalue weighted by Gasteiger charge is -2.29. The third kappa shape index (κ3) is 4.49. The van der Waals surface area contributed by atoms with E-state index in [0.29, 0.717) is 0 Å². The van der Waals surface area contributed by atoms with Gasteiger partial charge in [0.05, 0.1) is 25.4 Å². The Morgan fingerprint density at radius 3 is 1.25 bits per heavy atom. The molecule has 4 nitrogen and oxygen atoms in total. The molecule has 0 heterocycles. The van der Waals surface area contributed by atoms with Crippen molar-refractivity contribution in [2.45, 2.75) is 51.1 Å². The molecule has 0 spiro atoms. The van der Waals surface area contributed by atoms with Crippen LogP contribution in [-0.4, -0.2) is 22.4 Å². The highest BCUT2D eigenvalue weighted by atomic mass is 16.5. The van der Waals surface area contributed by atoms with E-state index in [2.05, 4.69) is 0 Å². The topological polar surface area (TPSA) is 58.9 Å². The molecule has 1 fully saturated rings. The first-order valence-corrected chi connectivity index (χ1v) is 8.49. The van der Waals surface area contributed by atoms with Gasteiger partial charge < -0.3 is 19.7 Å². The van der Waals surface area contributed by atoms with E-state index in [4.69, 9.17) is 19.7 Å². The molecule has 2 N–H and O–H groups in total. The van der Waals surface area contributed by atoms with Crippen LogP contribution in [0, 0.1) is 0 Å². The number of aliphatic hydroxyl groups is 2. The molecule has 128 valence electrons. The van der Waals surface area contributed by atoms with E-state index in [1.54, 1.807) is 0 Å². The van der Waals surface area contributed by atoms with Crippen LogP contribution in [0.1, 0.15) is 36.8 Å². The summed E-state index contributed by atoms with van der Waals surface area (Å²) in [5.74, 6) is 1.72. The van der Waals surface area contributed by atoms with Gasteiger partial charge in [-0.2, -0.15) is 0 Å². The van der Waals surface area contributed by atoms with Crippen molar-refractivity contribution in [3.63, 3.8) is 0 Å². The molecule has 0 aliphatic heterocycles. The van der Waals surface area contributed by atoms with Crippen molar-refractivity contribution in [3.8, 4) is 11.5 Å². The predicted octanol–water partition coefficient (Wildman–Crippen LogP) is 3.44. The number of aliphatic hydroxyl groups excluding tert-OH is 2.